The van der Waals surface area contributed by atoms with E-state index in [2.05, 4.69) is 15.6 Å². The van der Waals surface area contributed by atoms with Crippen LogP contribution in [-0.2, 0) is 6.54 Å². The Labute approximate surface area is 130 Å². The summed E-state index contributed by atoms with van der Waals surface area (Å²) < 4.78 is 5.31. The summed E-state index contributed by atoms with van der Waals surface area (Å²) in [4.78, 5) is 15.4. The second-order valence-electron chi connectivity index (χ2n) is 5.48. The van der Waals surface area contributed by atoms with Crippen molar-refractivity contribution in [1.82, 2.24) is 10.6 Å². The lowest BCUT2D eigenvalue weighted by atomic mass is 9.93. The van der Waals surface area contributed by atoms with Gasteiger partial charge in [-0.3, -0.25) is 4.79 Å². The highest BCUT2D eigenvalue weighted by molar-refractivity contribution is 5.89. The fourth-order valence-electron chi connectivity index (χ4n) is 2.49. The first-order chi connectivity index (χ1) is 10.6. The number of nitrogens with two attached hydrogens (primary N) is 1. The van der Waals surface area contributed by atoms with Crippen molar-refractivity contribution in [2.24, 2.45) is 10.7 Å². The van der Waals surface area contributed by atoms with Crippen molar-refractivity contribution in [3.8, 4) is 0 Å². The first-order valence-electron chi connectivity index (χ1n) is 7.70. The van der Waals surface area contributed by atoms with Gasteiger partial charge in [-0.05, 0) is 44.7 Å². The highest BCUT2D eigenvalue weighted by Gasteiger charge is 2.20. The van der Waals surface area contributed by atoms with Gasteiger partial charge < -0.3 is 25.9 Å². The van der Waals surface area contributed by atoms with Gasteiger partial charge in [0.2, 0.25) is 0 Å². The predicted molar refractivity (Wildman–Crippen MR) is 83.4 cm³/mol. The van der Waals surface area contributed by atoms with Crippen molar-refractivity contribution in [3.63, 3.8) is 0 Å². The van der Waals surface area contributed by atoms with Gasteiger partial charge in [0.15, 0.2) is 11.7 Å². The van der Waals surface area contributed by atoms with Crippen molar-refractivity contribution < 1.29 is 14.3 Å². The second-order valence-corrected chi connectivity index (χ2v) is 5.48. The maximum atomic E-state index is 11.0. The molecule has 0 aliphatic heterocycles. The first kappa shape index (κ1) is 16.4. The first-order valence-corrected chi connectivity index (χ1v) is 7.70. The fraction of sp³-hybridized carbons (Fsp3) is 0.600. The molecule has 1 amide bonds. The van der Waals surface area contributed by atoms with Gasteiger partial charge in [-0.15, -0.1) is 0 Å². The summed E-state index contributed by atoms with van der Waals surface area (Å²) in [5.41, 5.74) is 5.15. The Balaban J connectivity index is 1.92. The van der Waals surface area contributed by atoms with E-state index in [4.69, 9.17) is 10.2 Å². The number of primary amides is 1. The highest BCUT2D eigenvalue weighted by Crippen LogP contribution is 2.18. The number of nitrogens with zero attached hydrogens (tertiary/aromatic N) is 1. The number of nitrogens with one attached hydrogen (secondary N) is 2. The van der Waals surface area contributed by atoms with E-state index in [-0.39, 0.29) is 11.9 Å². The van der Waals surface area contributed by atoms with E-state index in [0.29, 0.717) is 24.3 Å². The number of aliphatic hydroxyl groups is 1. The number of rotatable bonds is 5. The number of amides is 1. The molecule has 1 aliphatic carbocycles. The molecule has 1 fully saturated rings. The average molecular weight is 308 g/mol. The smallest absolute Gasteiger partial charge is 0.284 e. The van der Waals surface area contributed by atoms with Crippen LogP contribution < -0.4 is 16.4 Å². The normalized spacial score (nSPS) is 22.4. The third kappa shape index (κ3) is 4.77. The van der Waals surface area contributed by atoms with Gasteiger partial charge in [0.05, 0.1) is 6.10 Å². The van der Waals surface area contributed by atoms with Crippen molar-refractivity contribution in [2.45, 2.75) is 51.3 Å². The Morgan fingerprint density at radius 1 is 1.41 bits per heavy atom. The molecule has 0 bridgehead atoms. The van der Waals surface area contributed by atoms with Gasteiger partial charge in [-0.1, -0.05) is 0 Å². The van der Waals surface area contributed by atoms with Gasteiger partial charge in [0, 0.05) is 12.6 Å². The van der Waals surface area contributed by atoms with Gasteiger partial charge in [-0.2, -0.15) is 0 Å². The summed E-state index contributed by atoms with van der Waals surface area (Å²) in [5.74, 6) is 0.858. The molecule has 7 nitrogen and oxygen atoms in total. The quantitative estimate of drug-likeness (QED) is 0.473. The molecule has 2 rings (SSSR count). The van der Waals surface area contributed by atoms with Crippen LogP contribution in [0.15, 0.2) is 21.5 Å². The lowest BCUT2D eigenvalue weighted by Crippen LogP contribution is -2.45. The van der Waals surface area contributed by atoms with E-state index in [0.717, 1.165) is 32.2 Å². The largest absolute Gasteiger partial charge is 0.454 e. The fourth-order valence-corrected chi connectivity index (χ4v) is 2.49. The van der Waals surface area contributed by atoms with Gasteiger partial charge in [-0.25, -0.2) is 4.99 Å². The van der Waals surface area contributed by atoms with Crippen LogP contribution in [0.5, 0.6) is 0 Å². The van der Waals surface area contributed by atoms with Crippen LogP contribution in [0.2, 0.25) is 0 Å². The lowest BCUT2D eigenvalue weighted by molar-refractivity contribution is 0.0972. The monoisotopic (exact) mass is 308 g/mol. The summed E-state index contributed by atoms with van der Waals surface area (Å²) in [6.45, 7) is 3.09. The van der Waals surface area contributed by atoms with Crippen molar-refractivity contribution in [2.75, 3.05) is 6.54 Å². The number of aliphatic hydroxyl groups excluding tert-OH is 1. The van der Waals surface area contributed by atoms with E-state index >= 15 is 0 Å². The molecular formula is C15H24N4O3. The van der Waals surface area contributed by atoms with Crippen LogP contribution in [-0.4, -0.2) is 35.7 Å². The summed E-state index contributed by atoms with van der Waals surface area (Å²) in [5, 5.41) is 16.1. The molecule has 1 saturated carbocycles. The predicted octanol–water partition coefficient (Wildman–Crippen LogP) is 0.737. The second kappa shape index (κ2) is 7.84. The van der Waals surface area contributed by atoms with Crippen LogP contribution in [0.25, 0.3) is 0 Å². The van der Waals surface area contributed by atoms with Crippen molar-refractivity contribution in [1.29, 1.82) is 0 Å². The maximum Gasteiger partial charge on any atom is 0.284 e. The zero-order valence-electron chi connectivity index (χ0n) is 12.8. The van der Waals surface area contributed by atoms with Crippen molar-refractivity contribution >= 4 is 11.9 Å². The molecule has 0 unspecified atom stereocenters. The summed E-state index contributed by atoms with van der Waals surface area (Å²) in [7, 11) is 0. The van der Waals surface area contributed by atoms with Crippen LogP contribution >= 0.6 is 0 Å². The molecule has 0 atom stereocenters. The lowest BCUT2D eigenvalue weighted by Gasteiger charge is -2.27. The Morgan fingerprint density at radius 2 is 2.14 bits per heavy atom. The number of guanidine groups is 1. The third-order valence-electron chi connectivity index (χ3n) is 3.68. The van der Waals surface area contributed by atoms with Gasteiger partial charge in [0.1, 0.15) is 12.3 Å². The number of furan rings is 1. The van der Waals surface area contributed by atoms with E-state index in [1.54, 1.807) is 12.1 Å². The summed E-state index contributed by atoms with van der Waals surface area (Å²) in [6, 6.07) is 3.57. The number of aliphatic imine (C=N–C) groups is 1. The maximum absolute atomic E-state index is 11.0. The summed E-state index contributed by atoms with van der Waals surface area (Å²) >= 11 is 0. The molecule has 122 valence electrons. The molecule has 5 N–H and O–H groups in total. The number of hydrogen-bond donors (Lipinski definition) is 4. The molecule has 1 aliphatic rings. The molecule has 0 aromatic carbocycles. The van der Waals surface area contributed by atoms with E-state index in [1.165, 1.54) is 0 Å². The Hall–Kier alpha value is -2.02. The molecule has 0 saturated heterocycles. The molecule has 1 aromatic heterocycles. The minimum Gasteiger partial charge on any atom is -0.454 e. The average Bonchev–Trinajstić information content (AvgIpc) is 2.96. The topological polar surface area (TPSA) is 113 Å². The number of carbonyl (C=O) groups is 1. The van der Waals surface area contributed by atoms with E-state index in [9.17, 15) is 9.90 Å². The SMILES string of the molecule is CCNC(=NCc1ccc(C(N)=O)o1)NC1CCC(O)CC1. The Kier molecular flexibility index (Phi) is 5.83. The molecule has 0 spiro atoms. The van der Waals surface area contributed by atoms with Crippen LogP contribution in [0.1, 0.15) is 48.9 Å². The minimum atomic E-state index is -0.582. The molecule has 1 heterocycles. The summed E-state index contributed by atoms with van der Waals surface area (Å²) in [6.07, 6.45) is 3.32. The standard InChI is InChI=1S/C15H24N4O3/c1-2-17-15(19-10-3-5-11(20)6-4-10)18-9-12-7-8-13(22-12)14(16)21/h7-8,10-11,20H,2-6,9H2,1H3,(H2,16,21)(H2,17,18,19). The van der Waals surface area contributed by atoms with Gasteiger partial charge in [0.25, 0.3) is 5.91 Å². The van der Waals surface area contributed by atoms with Crippen LogP contribution in [0, 0.1) is 0 Å². The molecule has 1 aromatic rings. The molecule has 22 heavy (non-hydrogen) atoms. The minimum absolute atomic E-state index is 0.143. The van der Waals surface area contributed by atoms with E-state index in [1.807, 2.05) is 6.92 Å². The Bertz CT molecular complexity index is 519. The zero-order chi connectivity index (χ0) is 15.9. The zero-order valence-corrected chi connectivity index (χ0v) is 12.8. The molecule has 0 radical (unpaired) electrons. The van der Waals surface area contributed by atoms with Crippen LogP contribution in [0.4, 0.5) is 0 Å². The van der Waals surface area contributed by atoms with E-state index < -0.39 is 5.91 Å². The van der Waals surface area contributed by atoms with Crippen molar-refractivity contribution in [3.05, 3.63) is 23.7 Å². The number of carbonyl (C=O) groups excluding carboxylic acids is 1. The highest BCUT2D eigenvalue weighted by atomic mass is 16.3. The number of hydrogen-bond acceptors (Lipinski definition) is 4. The van der Waals surface area contributed by atoms with Gasteiger partial charge >= 0.3 is 0 Å². The third-order valence-corrected chi connectivity index (χ3v) is 3.68. The van der Waals surface area contributed by atoms with Crippen LogP contribution in [0.3, 0.4) is 0 Å². The Morgan fingerprint density at radius 3 is 2.73 bits per heavy atom. The molecule has 7 heteroatoms. The molecular weight excluding hydrogens is 284 g/mol.